The minimum atomic E-state index is -3.63. The Labute approximate surface area is 155 Å². The van der Waals surface area contributed by atoms with Crippen LogP contribution in [-0.4, -0.2) is 8.42 Å². The Morgan fingerprint density at radius 1 is 0.808 bits per heavy atom. The summed E-state index contributed by atoms with van der Waals surface area (Å²) < 4.78 is 28.4. The molecule has 0 amide bonds. The molecule has 1 N–H and O–H groups in total. The van der Waals surface area contributed by atoms with Gasteiger partial charge in [0.1, 0.15) is 0 Å². The van der Waals surface area contributed by atoms with E-state index in [9.17, 15) is 8.42 Å². The van der Waals surface area contributed by atoms with Crippen molar-refractivity contribution in [2.24, 2.45) is 0 Å². The molecule has 3 aromatic rings. The minimum absolute atomic E-state index is 0.261. The van der Waals surface area contributed by atoms with Gasteiger partial charge in [0.25, 0.3) is 0 Å². The Bertz CT molecular complexity index is 964. The smallest absolute Gasteiger partial charge is 0.207 e. The Hall–Kier alpha value is -2.69. The lowest BCUT2D eigenvalue weighted by atomic mass is 10.1. The van der Waals surface area contributed by atoms with E-state index < -0.39 is 16.1 Å². The zero-order valence-electron chi connectivity index (χ0n) is 14.5. The summed E-state index contributed by atoms with van der Waals surface area (Å²) in [6, 6.07) is 25.7. The fourth-order valence-electron chi connectivity index (χ4n) is 2.60. The number of rotatable bonds is 6. The van der Waals surface area contributed by atoms with Crippen LogP contribution >= 0.6 is 0 Å². The van der Waals surface area contributed by atoms with E-state index in [2.05, 4.69) is 4.72 Å². The summed E-state index contributed by atoms with van der Waals surface area (Å²) in [5.41, 5.74) is 2.92. The standard InChI is InChI=1S/C22H21NO2S/c1-18-12-15-21(16-13-18)26(24,25)23-22(20-10-6-3-7-11-20)17-14-19-8-4-2-5-9-19/h2-17,22-23H,1H3/b17-14+. The maximum Gasteiger partial charge on any atom is 0.241 e. The largest absolute Gasteiger partial charge is 0.241 e. The normalized spacial score (nSPS) is 13.0. The average molecular weight is 363 g/mol. The van der Waals surface area contributed by atoms with E-state index in [0.717, 1.165) is 16.7 Å². The molecule has 0 aliphatic carbocycles. The molecule has 0 aliphatic heterocycles. The van der Waals surface area contributed by atoms with Gasteiger partial charge >= 0.3 is 0 Å². The SMILES string of the molecule is Cc1ccc(S(=O)(=O)NC(/C=C/c2ccccc2)c2ccccc2)cc1. The first-order chi connectivity index (χ1) is 12.5. The van der Waals surface area contributed by atoms with Crippen LogP contribution in [-0.2, 0) is 10.0 Å². The number of hydrogen-bond acceptors (Lipinski definition) is 2. The van der Waals surface area contributed by atoms with Crippen molar-refractivity contribution in [3.05, 3.63) is 108 Å². The van der Waals surface area contributed by atoms with Crippen LogP contribution in [0.15, 0.2) is 95.9 Å². The van der Waals surface area contributed by atoms with Crippen molar-refractivity contribution in [3.63, 3.8) is 0 Å². The molecule has 0 heterocycles. The van der Waals surface area contributed by atoms with E-state index in [-0.39, 0.29) is 4.90 Å². The molecule has 0 bridgehead atoms. The molecule has 3 nitrogen and oxygen atoms in total. The van der Waals surface area contributed by atoms with Gasteiger partial charge in [-0.1, -0.05) is 90.5 Å². The number of sulfonamides is 1. The summed E-state index contributed by atoms with van der Waals surface area (Å²) >= 11 is 0. The second kappa shape index (κ2) is 8.13. The summed E-state index contributed by atoms with van der Waals surface area (Å²) in [6.07, 6.45) is 3.80. The first kappa shape index (κ1) is 18.1. The summed E-state index contributed by atoms with van der Waals surface area (Å²) in [5, 5.41) is 0. The highest BCUT2D eigenvalue weighted by Crippen LogP contribution is 2.20. The molecule has 0 fully saturated rings. The molecule has 4 heteroatoms. The van der Waals surface area contributed by atoms with Gasteiger partial charge in [0.15, 0.2) is 0 Å². The third-order valence-corrected chi connectivity index (χ3v) is 5.51. The van der Waals surface area contributed by atoms with E-state index in [1.807, 2.05) is 79.7 Å². The summed E-state index contributed by atoms with van der Waals surface area (Å²) in [4.78, 5) is 0.261. The molecule has 3 rings (SSSR count). The third-order valence-electron chi connectivity index (χ3n) is 4.05. The summed E-state index contributed by atoms with van der Waals surface area (Å²) in [6.45, 7) is 1.93. The Balaban J connectivity index is 1.91. The van der Waals surface area contributed by atoms with Crippen LogP contribution in [0.3, 0.4) is 0 Å². The Morgan fingerprint density at radius 3 is 2.00 bits per heavy atom. The molecule has 3 aromatic carbocycles. The molecule has 0 radical (unpaired) electrons. The van der Waals surface area contributed by atoms with E-state index >= 15 is 0 Å². The van der Waals surface area contributed by atoms with Gasteiger partial charge < -0.3 is 0 Å². The predicted molar refractivity (Wildman–Crippen MR) is 106 cm³/mol. The molecule has 26 heavy (non-hydrogen) atoms. The average Bonchev–Trinajstić information content (AvgIpc) is 2.67. The maximum atomic E-state index is 12.8. The highest BCUT2D eigenvalue weighted by Gasteiger charge is 2.19. The topological polar surface area (TPSA) is 46.2 Å². The van der Waals surface area contributed by atoms with Gasteiger partial charge in [0, 0.05) is 0 Å². The van der Waals surface area contributed by atoms with Crippen LogP contribution in [0.5, 0.6) is 0 Å². The molecule has 132 valence electrons. The molecule has 0 aromatic heterocycles. The van der Waals surface area contributed by atoms with Crippen molar-refractivity contribution in [3.8, 4) is 0 Å². The predicted octanol–water partition coefficient (Wildman–Crippen LogP) is 4.73. The first-order valence-corrected chi connectivity index (χ1v) is 9.90. The van der Waals surface area contributed by atoms with Gasteiger partial charge in [-0.05, 0) is 30.2 Å². The van der Waals surface area contributed by atoms with Crippen LogP contribution in [0.1, 0.15) is 22.7 Å². The zero-order valence-corrected chi connectivity index (χ0v) is 15.4. The number of aryl methyl sites for hydroxylation is 1. The molecule has 1 unspecified atom stereocenters. The molecule has 0 spiro atoms. The van der Waals surface area contributed by atoms with Gasteiger partial charge in [-0.25, -0.2) is 8.42 Å². The molecular formula is C22H21NO2S. The Morgan fingerprint density at radius 2 is 1.38 bits per heavy atom. The van der Waals surface area contributed by atoms with Crippen LogP contribution in [0.25, 0.3) is 6.08 Å². The van der Waals surface area contributed by atoms with Crippen LogP contribution in [0.4, 0.5) is 0 Å². The van der Waals surface area contributed by atoms with Gasteiger partial charge in [-0.3, -0.25) is 0 Å². The van der Waals surface area contributed by atoms with Crippen molar-refractivity contribution < 1.29 is 8.42 Å². The zero-order chi connectivity index (χ0) is 18.4. The van der Waals surface area contributed by atoms with Gasteiger partial charge in [-0.2, -0.15) is 4.72 Å². The summed E-state index contributed by atoms with van der Waals surface area (Å²) in [5.74, 6) is 0. The van der Waals surface area contributed by atoms with E-state index in [4.69, 9.17) is 0 Å². The summed E-state index contributed by atoms with van der Waals surface area (Å²) in [7, 11) is -3.63. The number of hydrogen-bond donors (Lipinski definition) is 1. The van der Waals surface area contributed by atoms with Crippen LogP contribution < -0.4 is 4.72 Å². The lowest BCUT2D eigenvalue weighted by Crippen LogP contribution is -2.27. The van der Waals surface area contributed by atoms with Crippen molar-refractivity contribution >= 4 is 16.1 Å². The van der Waals surface area contributed by atoms with Crippen molar-refractivity contribution in [2.45, 2.75) is 17.9 Å². The second-order valence-electron chi connectivity index (χ2n) is 6.09. The quantitative estimate of drug-likeness (QED) is 0.688. The minimum Gasteiger partial charge on any atom is -0.207 e. The molecular weight excluding hydrogens is 342 g/mol. The van der Waals surface area contributed by atoms with Gasteiger partial charge in [0.2, 0.25) is 10.0 Å². The highest BCUT2D eigenvalue weighted by molar-refractivity contribution is 7.89. The van der Waals surface area contributed by atoms with E-state index in [1.165, 1.54) is 0 Å². The molecule has 0 saturated heterocycles. The van der Waals surface area contributed by atoms with E-state index in [1.54, 1.807) is 24.3 Å². The van der Waals surface area contributed by atoms with Crippen LogP contribution in [0.2, 0.25) is 0 Å². The fourth-order valence-corrected chi connectivity index (χ4v) is 3.78. The fraction of sp³-hybridized carbons (Fsp3) is 0.0909. The van der Waals surface area contributed by atoms with Crippen molar-refractivity contribution in [2.75, 3.05) is 0 Å². The number of nitrogens with one attached hydrogen (secondary N) is 1. The molecule has 1 atom stereocenters. The molecule has 0 saturated carbocycles. The third kappa shape index (κ3) is 4.69. The van der Waals surface area contributed by atoms with Crippen LogP contribution in [0, 0.1) is 6.92 Å². The van der Waals surface area contributed by atoms with Crippen molar-refractivity contribution in [1.29, 1.82) is 0 Å². The Kier molecular flexibility index (Phi) is 5.66. The lowest BCUT2D eigenvalue weighted by molar-refractivity contribution is 0.574. The van der Waals surface area contributed by atoms with E-state index in [0.29, 0.717) is 0 Å². The van der Waals surface area contributed by atoms with Crippen molar-refractivity contribution in [1.82, 2.24) is 4.72 Å². The van der Waals surface area contributed by atoms with Gasteiger partial charge in [-0.15, -0.1) is 0 Å². The second-order valence-corrected chi connectivity index (χ2v) is 7.81. The lowest BCUT2D eigenvalue weighted by Gasteiger charge is -2.16. The monoisotopic (exact) mass is 363 g/mol. The highest BCUT2D eigenvalue weighted by atomic mass is 32.2. The first-order valence-electron chi connectivity index (χ1n) is 8.42. The molecule has 0 aliphatic rings. The maximum absolute atomic E-state index is 12.8. The van der Waals surface area contributed by atoms with Gasteiger partial charge in [0.05, 0.1) is 10.9 Å². The number of benzene rings is 3.